The van der Waals surface area contributed by atoms with Crippen molar-refractivity contribution in [1.82, 2.24) is 10.2 Å². The van der Waals surface area contributed by atoms with Crippen LogP contribution in [-0.2, 0) is 9.53 Å². The van der Waals surface area contributed by atoms with Crippen molar-refractivity contribution in [3.8, 4) is 0 Å². The van der Waals surface area contributed by atoms with Crippen molar-refractivity contribution in [2.24, 2.45) is 0 Å². The number of benzene rings is 1. The number of nitrogens with zero attached hydrogens (tertiary/aromatic N) is 1. The average Bonchev–Trinajstić information content (AvgIpc) is 2.43. The Hall–Kier alpha value is -0.920. The third-order valence-corrected chi connectivity index (χ3v) is 3.89. The summed E-state index contributed by atoms with van der Waals surface area (Å²) in [4.78, 5) is 25.4. The number of nitrogens with one attached hydrogen (secondary N) is 1. The van der Waals surface area contributed by atoms with E-state index < -0.39 is 0 Å². The zero-order valence-corrected chi connectivity index (χ0v) is 15.2. The van der Waals surface area contributed by atoms with Crippen LogP contribution in [0, 0.1) is 0 Å². The number of hydrogen-bond donors (Lipinski definition) is 1. The Kier molecular flexibility index (Phi) is 7.92. The fourth-order valence-electron chi connectivity index (χ4n) is 1.66. The molecule has 116 valence electrons. The highest BCUT2D eigenvalue weighted by molar-refractivity contribution is 9.11. The molecule has 0 bridgehead atoms. The normalized spacial score (nSPS) is 10.3. The standard InChI is InChI=1S/C14H18Br2N2O3/c1-18(9-13(19)17-6-3-7-21-2)14(20)11-5-4-10(15)8-12(11)16/h4-5,8H,3,6-7,9H2,1-2H3,(H,17,19). The highest BCUT2D eigenvalue weighted by atomic mass is 79.9. The molecular formula is C14H18Br2N2O3. The van der Waals surface area contributed by atoms with E-state index in [4.69, 9.17) is 4.74 Å². The first-order valence-corrected chi connectivity index (χ1v) is 8.00. The number of carbonyl (C=O) groups excluding carboxylic acids is 2. The second-order valence-electron chi connectivity index (χ2n) is 4.48. The van der Waals surface area contributed by atoms with E-state index in [9.17, 15) is 9.59 Å². The number of ether oxygens (including phenoxy) is 1. The Balaban J connectivity index is 2.52. The van der Waals surface area contributed by atoms with E-state index in [0.29, 0.717) is 23.2 Å². The fraction of sp³-hybridized carbons (Fsp3) is 0.429. The lowest BCUT2D eigenvalue weighted by Crippen LogP contribution is -2.38. The third kappa shape index (κ3) is 6.15. The number of likely N-dealkylation sites (N-methyl/N-ethyl adjacent to an activating group) is 1. The maximum absolute atomic E-state index is 12.3. The van der Waals surface area contributed by atoms with E-state index in [1.54, 1.807) is 32.4 Å². The average molecular weight is 422 g/mol. The first-order chi connectivity index (χ1) is 9.95. The predicted molar refractivity (Wildman–Crippen MR) is 88.3 cm³/mol. The fourth-order valence-corrected chi connectivity index (χ4v) is 2.87. The van der Waals surface area contributed by atoms with Crippen LogP contribution in [0.25, 0.3) is 0 Å². The Morgan fingerprint density at radius 1 is 1.33 bits per heavy atom. The van der Waals surface area contributed by atoms with Crippen LogP contribution in [-0.4, -0.2) is 50.6 Å². The summed E-state index contributed by atoms with van der Waals surface area (Å²) in [6.45, 7) is 1.16. The molecule has 0 radical (unpaired) electrons. The van der Waals surface area contributed by atoms with Crippen LogP contribution in [0.5, 0.6) is 0 Å². The first kappa shape index (κ1) is 18.1. The Morgan fingerprint density at radius 2 is 2.05 bits per heavy atom. The molecule has 0 fully saturated rings. The van der Waals surface area contributed by atoms with Crippen LogP contribution in [0.15, 0.2) is 27.1 Å². The molecular weight excluding hydrogens is 404 g/mol. The third-order valence-electron chi connectivity index (χ3n) is 2.74. The largest absolute Gasteiger partial charge is 0.385 e. The minimum Gasteiger partial charge on any atom is -0.385 e. The van der Waals surface area contributed by atoms with E-state index >= 15 is 0 Å². The minimum absolute atomic E-state index is 0.0221. The molecule has 0 aliphatic heterocycles. The molecule has 0 aliphatic carbocycles. The molecule has 0 spiro atoms. The van der Waals surface area contributed by atoms with Gasteiger partial charge in [-0.1, -0.05) is 15.9 Å². The van der Waals surface area contributed by atoms with E-state index in [2.05, 4.69) is 37.2 Å². The molecule has 5 nitrogen and oxygen atoms in total. The Morgan fingerprint density at radius 3 is 2.67 bits per heavy atom. The summed E-state index contributed by atoms with van der Waals surface area (Å²) in [5.74, 6) is -0.392. The number of amides is 2. The van der Waals surface area contributed by atoms with Crippen molar-refractivity contribution in [3.63, 3.8) is 0 Å². The summed E-state index contributed by atoms with van der Waals surface area (Å²) in [6, 6.07) is 5.30. The summed E-state index contributed by atoms with van der Waals surface area (Å²) in [6.07, 6.45) is 0.748. The second-order valence-corrected chi connectivity index (χ2v) is 6.25. The number of rotatable bonds is 7. The van der Waals surface area contributed by atoms with Gasteiger partial charge in [0.15, 0.2) is 0 Å². The van der Waals surface area contributed by atoms with Crippen LogP contribution in [0.1, 0.15) is 16.8 Å². The molecule has 0 atom stereocenters. The Labute approximate surface area is 141 Å². The van der Waals surface area contributed by atoms with Crippen molar-refractivity contribution < 1.29 is 14.3 Å². The van der Waals surface area contributed by atoms with Gasteiger partial charge < -0.3 is 15.0 Å². The van der Waals surface area contributed by atoms with Gasteiger partial charge in [0.25, 0.3) is 5.91 Å². The van der Waals surface area contributed by atoms with Crippen molar-refractivity contribution in [3.05, 3.63) is 32.7 Å². The molecule has 0 aliphatic rings. The first-order valence-electron chi connectivity index (χ1n) is 6.42. The SMILES string of the molecule is COCCCNC(=O)CN(C)C(=O)c1ccc(Br)cc1Br. The summed E-state index contributed by atoms with van der Waals surface area (Å²) in [5, 5.41) is 2.75. The topological polar surface area (TPSA) is 58.6 Å². The van der Waals surface area contributed by atoms with Crippen LogP contribution in [0.4, 0.5) is 0 Å². The molecule has 1 aromatic carbocycles. The van der Waals surface area contributed by atoms with Crippen LogP contribution in [0.3, 0.4) is 0 Å². The summed E-state index contributed by atoms with van der Waals surface area (Å²) in [7, 11) is 3.22. The molecule has 1 rings (SSSR count). The molecule has 0 saturated heterocycles. The number of halogens is 2. The van der Waals surface area contributed by atoms with Gasteiger partial charge in [-0.25, -0.2) is 0 Å². The highest BCUT2D eigenvalue weighted by Crippen LogP contribution is 2.22. The van der Waals surface area contributed by atoms with Crippen molar-refractivity contribution >= 4 is 43.7 Å². The van der Waals surface area contributed by atoms with Gasteiger partial charge in [0, 0.05) is 36.3 Å². The maximum Gasteiger partial charge on any atom is 0.255 e. The molecule has 0 unspecified atom stereocenters. The van der Waals surface area contributed by atoms with Crippen LogP contribution in [0.2, 0.25) is 0 Å². The number of carbonyl (C=O) groups is 2. The zero-order chi connectivity index (χ0) is 15.8. The van der Waals surface area contributed by atoms with Crippen LogP contribution < -0.4 is 5.32 Å². The summed E-state index contributed by atoms with van der Waals surface area (Å²) in [5.41, 5.74) is 0.521. The highest BCUT2D eigenvalue weighted by Gasteiger charge is 2.17. The van der Waals surface area contributed by atoms with Gasteiger partial charge in [0.1, 0.15) is 0 Å². The number of hydrogen-bond acceptors (Lipinski definition) is 3. The lowest BCUT2D eigenvalue weighted by Gasteiger charge is -2.17. The minimum atomic E-state index is -0.207. The maximum atomic E-state index is 12.3. The quantitative estimate of drug-likeness (QED) is 0.688. The van der Waals surface area contributed by atoms with Crippen molar-refractivity contribution in [2.75, 3.05) is 33.9 Å². The van der Waals surface area contributed by atoms with Crippen molar-refractivity contribution in [1.29, 1.82) is 0 Å². The van der Waals surface area contributed by atoms with E-state index in [-0.39, 0.29) is 18.4 Å². The van der Waals surface area contributed by atoms with Gasteiger partial charge in [-0.15, -0.1) is 0 Å². The molecule has 1 aromatic rings. The molecule has 2 amide bonds. The summed E-state index contributed by atoms with van der Waals surface area (Å²) >= 11 is 6.68. The zero-order valence-electron chi connectivity index (χ0n) is 12.0. The lowest BCUT2D eigenvalue weighted by atomic mass is 10.2. The predicted octanol–water partition coefficient (Wildman–Crippen LogP) is 2.44. The molecule has 0 heterocycles. The molecule has 7 heteroatoms. The van der Waals surface area contributed by atoms with E-state index in [0.717, 1.165) is 10.9 Å². The Bertz CT molecular complexity index is 509. The van der Waals surface area contributed by atoms with Gasteiger partial charge in [-0.05, 0) is 40.5 Å². The van der Waals surface area contributed by atoms with E-state index in [1.807, 2.05) is 0 Å². The molecule has 0 saturated carbocycles. The lowest BCUT2D eigenvalue weighted by molar-refractivity contribution is -0.121. The monoisotopic (exact) mass is 420 g/mol. The second kappa shape index (κ2) is 9.17. The molecule has 21 heavy (non-hydrogen) atoms. The summed E-state index contributed by atoms with van der Waals surface area (Å²) < 4.78 is 6.47. The van der Waals surface area contributed by atoms with E-state index in [1.165, 1.54) is 4.90 Å². The van der Waals surface area contributed by atoms with Gasteiger partial charge in [0.05, 0.1) is 12.1 Å². The number of methoxy groups -OCH3 is 1. The van der Waals surface area contributed by atoms with Gasteiger partial charge >= 0.3 is 0 Å². The van der Waals surface area contributed by atoms with Crippen molar-refractivity contribution in [2.45, 2.75) is 6.42 Å². The van der Waals surface area contributed by atoms with Gasteiger partial charge in [-0.3, -0.25) is 9.59 Å². The molecule has 1 N–H and O–H groups in total. The molecule has 0 aromatic heterocycles. The van der Waals surface area contributed by atoms with Gasteiger partial charge in [0.2, 0.25) is 5.91 Å². The van der Waals surface area contributed by atoms with Gasteiger partial charge in [-0.2, -0.15) is 0 Å². The van der Waals surface area contributed by atoms with Crippen LogP contribution >= 0.6 is 31.9 Å². The smallest absolute Gasteiger partial charge is 0.255 e.